The smallest absolute Gasteiger partial charge is 0.165 e. The highest BCUT2D eigenvalue weighted by molar-refractivity contribution is 5.92. The maximum absolute atomic E-state index is 5.60. The molecule has 108 valence electrons. The van der Waals surface area contributed by atoms with Crippen molar-refractivity contribution in [2.45, 2.75) is 26.2 Å². The van der Waals surface area contributed by atoms with Crippen molar-refractivity contribution in [3.63, 3.8) is 0 Å². The number of benzene rings is 1. The Bertz CT molecular complexity index is 784. The minimum absolute atomic E-state index is 0.0389. The second-order valence-corrected chi connectivity index (χ2v) is 6.11. The van der Waals surface area contributed by atoms with Gasteiger partial charge in [-0.2, -0.15) is 0 Å². The lowest BCUT2D eigenvalue weighted by atomic mass is 9.92. The molecule has 0 bridgehead atoms. The van der Waals surface area contributed by atoms with E-state index in [-0.39, 0.29) is 5.41 Å². The molecular weight excluding hydrogens is 262 g/mol. The average molecular weight is 281 g/mol. The summed E-state index contributed by atoms with van der Waals surface area (Å²) in [6.45, 7) is 6.43. The standard InChI is InChI=1S/C17H19N3O/c1-17(2,3)14-9-15(18-4)20-16(19-14)12-10-21-13-8-6-5-7-11(12)13/h5-10H,1-4H3,(H,18,19,20). The molecule has 0 radical (unpaired) electrons. The van der Waals surface area contributed by atoms with Gasteiger partial charge in [0, 0.05) is 23.9 Å². The lowest BCUT2D eigenvalue weighted by molar-refractivity contribution is 0.568. The van der Waals surface area contributed by atoms with Crippen LogP contribution in [0.3, 0.4) is 0 Å². The number of fused-ring (bicyclic) bond motifs is 1. The van der Waals surface area contributed by atoms with Crippen LogP contribution in [0.15, 0.2) is 41.0 Å². The summed E-state index contributed by atoms with van der Waals surface area (Å²) in [5.74, 6) is 1.51. The lowest BCUT2D eigenvalue weighted by Crippen LogP contribution is -2.15. The minimum Gasteiger partial charge on any atom is -0.464 e. The van der Waals surface area contributed by atoms with E-state index in [9.17, 15) is 0 Å². The molecule has 0 saturated carbocycles. The Morgan fingerprint density at radius 1 is 1.10 bits per heavy atom. The molecule has 2 aromatic heterocycles. The van der Waals surface area contributed by atoms with E-state index in [4.69, 9.17) is 9.40 Å². The van der Waals surface area contributed by atoms with Gasteiger partial charge in [-0.05, 0) is 6.07 Å². The maximum atomic E-state index is 5.60. The first-order valence-electron chi connectivity index (χ1n) is 7.03. The molecule has 0 aliphatic carbocycles. The van der Waals surface area contributed by atoms with Gasteiger partial charge >= 0.3 is 0 Å². The molecule has 0 aliphatic rings. The Balaban J connectivity index is 2.22. The van der Waals surface area contributed by atoms with Crippen molar-refractivity contribution in [3.05, 3.63) is 42.3 Å². The van der Waals surface area contributed by atoms with Crippen LogP contribution in [0.1, 0.15) is 26.5 Å². The van der Waals surface area contributed by atoms with Crippen LogP contribution in [0.5, 0.6) is 0 Å². The molecule has 2 heterocycles. The first-order valence-corrected chi connectivity index (χ1v) is 7.03. The highest BCUT2D eigenvalue weighted by Crippen LogP contribution is 2.31. The largest absolute Gasteiger partial charge is 0.464 e. The first-order chi connectivity index (χ1) is 9.99. The van der Waals surface area contributed by atoms with Gasteiger partial charge in [0.25, 0.3) is 0 Å². The number of anilines is 1. The van der Waals surface area contributed by atoms with Gasteiger partial charge in [-0.15, -0.1) is 0 Å². The summed E-state index contributed by atoms with van der Waals surface area (Å²) in [5, 5.41) is 4.14. The SMILES string of the molecule is CNc1cc(C(C)(C)C)nc(-c2coc3ccccc23)n1. The number of hydrogen-bond acceptors (Lipinski definition) is 4. The van der Waals surface area contributed by atoms with Crippen LogP contribution in [-0.2, 0) is 5.41 Å². The van der Waals surface area contributed by atoms with Gasteiger partial charge in [0.05, 0.1) is 11.3 Å². The van der Waals surface area contributed by atoms with Crippen LogP contribution in [0.25, 0.3) is 22.4 Å². The molecule has 0 spiro atoms. The summed E-state index contributed by atoms with van der Waals surface area (Å²) in [5.41, 5.74) is 2.74. The Morgan fingerprint density at radius 3 is 2.57 bits per heavy atom. The van der Waals surface area contributed by atoms with Crippen molar-refractivity contribution < 1.29 is 4.42 Å². The third-order valence-corrected chi connectivity index (χ3v) is 3.47. The molecule has 0 amide bonds. The molecule has 0 atom stereocenters. The van der Waals surface area contributed by atoms with E-state index >= 15 is 0 Å². The molecule has 21 heavy (non-hydrogen) atoms. The van der Waals surface area contributed by atoms with E-state index in [0.717, 1.165) is 28.0 Å². The molecule has 0 aliphatic heterocycles. The van der Waals surface area contributed by atoms with Gasteiger partial charge in [-0.3, -0.25) is 0 Å². The summed E-state index contributed by atoms with van der Waals surface area (Å²) in [4.78, 5) is 9.31. The van der Waals surface area contributed by atoms with E-state index in [1.807, 2.05) is 37.4 Å². The van der Waals surface area contributed by atoms with Crippen molar-refractivity contribution in [2.75, 3.05) is 12.4 Å². The molecule has 0 fully saturated rings. The van der Waals surface area contributed by atoms with Crippen LogP contribution in [0.4, 0.5) is 5.82 Å². The number of aromatic nitrogens is 2. The Hall–Kier alpha value is -2.36. The van der Waals surface area contributed by atoms with Crippen molar-refractivity contribution in [2.24, 2.45) is 0 Å². The van der Waals surface area contributed by atoms with E-state index < -0.39 is 0 Å². The van der Waals surface area contributed by atoms with Gasteiger partial charge in [0.1, 0.15) is 17.7 Å². The summed E-state index contributed by atoms with van der Waals surface area (Å²) in [6.07, 6.45) is 1.73. The fourth-order valence-corrected chi connectivity index (χ4v) is 2.23. The molecule has 3 rings (SSSR count). The van der Waals surface area contributed by atoms with E-state index in [1.165, 1.54) is 0 Å². The highest BCUT2D eigenvalue weighted by atomic mass is 16.3. The number of hydrogen-bond donors (Lipinski definition) is 1. The van der Waals surface area contributed by atoms with E-state index in [0.29, 0.717) is 5.82 Å². The Morgan fingerprint density at radius 2 is 1.86 bits per heavy atom. The van der Waals surface area contributed by atoms with Crippen LogP contribution >= 0.6 is 0 Å². The fraction of sp³-hybridized carbons (Fsp3) is 0.294. The molecular formula is C17H19N3O. The normalized spacial score (nSPS) is 11.8. The second-order valence-electron chi connectivity index (χ2n) is 6.11. The number of nitrogens with zero attached hydrogens (tertiary/aromatic N) is 2. The van der Waals surface area contributed by atoms with E-state index in [1.54, 1.807) is 6.26 Å². The molecule has 0 unspecified atom stereocenters. The molecule has 1 aromatic carbocycles. The molecule has 0 saturated heterocycles. The first kappa shape index (κ1) is 13.6. The predicted molar refractivity (Wildman–Crippen MR) is 85.5 cm³/mol. The predicted octanol–water partition coefficient (Wildman–Crippen LogP) is 4.23. The van der Waals surface area contributed by atoms with E-state index in [2.05, 4.69) is 31.1 Å². The molecule has 4 nitrogen and oxygen atoms in total. The Labute approximate surface area is 124 Å². The van der Waals surface area contributed by atoms with Crippen molar-refractivity contribution >= 4 is 16.8 Å². The zero-order valence-corrected chi connectivity index (χ0v) is 12.8. The van der Waals surface area contributed by atoms with Crippen LogP contribution in [0.2, 0.25) is 0 Å². The molecule has 1 N–H and O–H groups in total. The van der Waals surface area contributed by atoms with Gasteiger partial charge in [-0.1, -0.05) is 39.0 Å². The van der Waals surface area contributed by atoms with Crippen LogP contribution < -0.4 is 5.32 Å². The zero-order chi connectivity index (χ0) is 15.0. The van der Waals surface area contributed by atoms with Crippen LogP contribution in [-0.4, -0.2) is 17.0 Å². The number of nitrogens with one attached hydrogen (secondary N) is 1. The average Bonchev–Trinajstić information content (AvgIpc) is 2.89. The van der Waals surface area contributed by atoms with Crippen molar-refractivity contribution in [1.29, 1.82) is 0 Å². The lowest BCUT2D eigenvalue weighted by Gasteiger charge is -2.19. The third-order valence-electron chi connectivity index (χ3n) is 3.47. The van der Waals surface area contributed by atoms with Crippen molar-refractivity contribution in [1.82, 2.24) is 9.97 Å². The summed E-state index contributed by atoms with van der Waals surface area (Å²) < 4.78 is 5.60. The molecule has 4 heteroatoms. The number of para-hydroxylation sites is 1. The highest BCUT2D eigenvalue weighted by Gasteiger charge is 2.19. The Kier molecular flexibility index (Phi) is 3.16. The quantitative estimate of drug-likeness (QED) is 0.763. The number of rotatable bonds is 2. The van der Waals surface area contributed by atoms with Gasteiger partial charge in [-0.25, -0.2) is 9.97 Å². The van der Waals surface area contributed by atoms with Gasteiger partial charge in [0.15, 0.2) is 5.82 Å². The van der Waals surface area contributed by atoms with Gasteiger partial charge in [0.2, 0.25) is 0 Å². The second kappa shape index (κ2) is 4.88. The minimum atomic E-state index is -0.0389. The van der Waals surface area contributed by atoms with Crippen LogP contribution in [0, 0.1) is 0 Å². The topological polar surface area (TPSA) is 51.0 Å². The van der Waals surface area contributed by atoms with Gasteiger partial charge < -0.3 is 9.73 Å². The summed E-state index contributed by atoms with van der Waals surface area (Å²) in [6, 6.07) is 9.92. The zero-order valence-electron chi connectivity index (χ0n) is 12.8. The summed E-state index contributed by atoms with van der Waals surface area (Å²) >= 11 is 0. The maximum Gasteiger partial charge on any atom is 0.165 e. The fourth-order valence-electron chi connectivity index (χ4n) is 2.23. The summed E-state index contributed by atoms with van der Waals surface area (Å²) in [7, 11) is 1.87. The monoisotopic (exact) mass is 281 g/mol. The molecule has 3 aromatic rings. The third kappa shape index (κ3) is 2.49. The van der Waals surface area contributed by atoms with Crippen molar-refractivity contribution in [3.8, 4) is 11.4 Å². The number of furan rings is 1.